The van der Waals surface area contributed by atoms with Crippen LogP contribution in [0.25, 0.3) is 0 Å². The van der Waals surface area contributed by atoms with E-state index in [4.69, 9.17) is 22.4 Å². The van der Waals surface area contributed by atoms with Gasteiger partial charge in [-0.05, 0) is 19.4 Å². The van der Waals surface area contributed by atoms with Crippen LogP contribution < -0.4 is 5.73 Å². The Morgan fingerprint density at radius 2 is 2.14 bits per heavy atom. The van der Waals surface area contributed by atoms with E-state index in [1.165, 1.54) is 0 Å². The molecule has 0 fully saturated rings. The van der Waals surface area contributed by atoms with Gasteiger partial charge in [0.2, 0.25) is 0 Å². The van der Waals surface area contributed by atoms with Crippen LogP contribution >= 0.6 is 11.6 Å². The molecule has 1 atom stereocenters. The van der Waals surface area contributed by atoms with Gasteiger partial charge in [-0.15, -0.1) is 0 Å². The molecule has 0 saturated heterocycles. The fourth-order valence-corrected chi connectivity index (χ4v) is 1.52. The molecule has 1 rings (SSSR count). The number of benzene rings is 1. The highest BCUT2D eigenvalue weighted by Crippen LogP contribution is 2.34. The van der Waals surface area contributed by atoms with Gasteiger partial charge in [0.15, 0.2) is 0 Å². The van der Waals surface area contributed by atoms with Crippen molar-refractivity contribution in [2.45, 2.75) is 18.9 Å². The highest BCUT2D eigenvalue weighted by atomic mass is 35.5. The maximum atomic E-state index is 9.67. The number of nitrogens with two attached hydrogens (primary N) is 1. The molecule has 0 amide bonds. The van der Waals surface area contributed by atoms with Crippen molar-refractivity contribution in [2.24, 2.45) is 5.73 Å². The standard InChI is InChI=1S/C10H14ClNO2/c1-10(12,5-6-13)7-3-2-4-8(11)9(7)14/h2-4,13-14H,5-6,12H2,1H3. The molecule has 0 heterocycles. The molecule has 0 aromatic heterocycles. The van der Waals surface area contributed by atoms with Crippen LogP contribution in [0.2, 0.25) is 5.02 Å². The van der Waals surface area contributed by atoms with Crippen LogP contribution in [0.3, 0.4) is 0 Å². The highest BCUT2D eigenvalue weighted by Gasteiger charge is 2.24. The van der Waals surface area contributed by atoms with Crippen molar-refractivity contribution >= 4 is 11.6 Å². The largest absolute Gasteiger partial charge is 0.506 e. The number of aromatic hydroxyl groups is 1. The van der Waals surface area contributed by atoms with Gasteiger partial charge in [-0.1, -0.05) is 23.7 Å². The molecular weight excluding hydrogens is 202 g/mol. The predicted octanol–water partition coefficient (Wildman–Crippen LogP) is 1.60. The topological polar surface area (TPSA) is 66.5 Å². The fraction of sp³-hybridized carbons (Fsp3) is 0.400. The van der Waals surface area contributed by atoms with Crippen molar-refractivity contribution in [1.82, 2.24) is 0 Å². The lowest BCUT2D eigenvalue weighted by Gasteiger charge is -2.25. The van der Waals surface area contributed by atoms with E-state index < -0.39 is 5.54 Å². The number of aliphatic hydroxyl groups is 1. The quantitative estimate of drug-likeness (QED) is 0.718. The Bertz CT molecular complexity index is 326. The lowest BCUT2D eigenvalue weighted by atomic mass is 9.89. The third-order valence-corrected chi connectivity index (χ3v) is 2.54. The number of aliphatic hydroxyl groups excluding tert-OH is 1. The van der Waals surface area contributed by atoms with Crippen molar-refractivity contribution in [2.75, 3.05) is 6.61 Å². The molecule has 4 heteroatoms. The molecule has 14 heavy (non-hydrogen) atoms. The van der Waals surface area contributed by atoms with Crippen molar-refractivity contribution in [3.63, 3.8) is 0 Å². The van der Waals surface area contributed by atoms with Gasteiger partial charge in [0, 0.05) is 17.7 Å². The third kappa shape index (κ3) is 2.18. The van der Waals surface area contributed by atoms with Gasteiger partial charge in [0.05, 0.1) is 5.02 Å². The third-order valence-electron chi connectivity index (χ3n) is 2.23. The number of hydrogen-bond acceptors (Lipinski definition) is 3. The molecule has 78 valence electrons. The molecular formula is C10H14ClNO2. The highest BCUT2D eigenvalue weighted by molar-refractivity contribution is 6.32. The van der Waals surface area contributed by atoms with E-state index in [2.05, 4.69) is 0 Å². The summed E-state index contributed by atoms with van der Waals surface area (Å²) in [5.41, 5.74) is 5.73. The zero-order valence-electron chi connectivity index (χ0n) is 8.00. The second-order valence-electron chi connectivity index (χ2n) is 3.53. The predicted molar refractivity (Wildman–Crippen MR) is 56.4 cm³/mol. The monoisotopic (exact) mass is 215 g/mol. The number of halogens is 1. The molecule has 0 aliphatic carbocycles. The molecule has 1 aromatic carbocycles. The molecule has 0 radical (unpaired) electrons. The van der Waals surface area contributed by atoms with E-state index in [0.29, 0.717) is 12.0 Å². The van der Waals surface area contributed by atoms with Crippen LogP contribution in [0.15, 0.2) is 18.2 Å². The maximum Gasteiger partial charge on any atom is 0.139 e. The van der Waals surface area contributed by atoms with Crippen molar-refractivity contribution < 1.29 is 10.2 Å². The minimum absolute atomic E-state index is 0.00684. The number of phenolic OH excluding ortho intramolecular Hbond substituents is 1. The Balaban J connectivity index is 3.12. The minimum atomic E-state index is -0.760. The summed E-state index contributed by atoms with van der Waals surface area (Å²) in [5.74, 6) is -0.00684. The molecule has 4 N–H and O–H groups in total. The van der Waals surface area contributed by atoms with E-state index in [1.54, 1.807) is 25.1 Å². The summed E-state index contributed by atoms with van der Waals surface area (Å²) in [6.45, 7) is 1.72. The summed E-state index contributed by atoms with van der Waals surface area (Å²) < 4.78 is 0. The van der Waals surface area contributed by atoms with E-state index in [-0.39, 0.29) is 17.4 Å². The van der Waals surface area contributed by atoms with Crippen molar-refractivity contribution in [3.05, 3.63) is 28.8 Å². The Hall–Kier alpha value is -0.770. The molecule has 1 aromatic rings. The number of phenols is 1. The maximum absolute atomic E-state index is 9.67. The van der Waals surface area contributed by atoms with Gasteiger partial charge in [-0.25, -0.2) is 0 Å². The first kappa shape index (κ1) is 11.3. The van der Waals surface area contributed by atoms with E-state index in [0.717, 1.165) is 0 Å². The number of rotatable bonds is 3. The Morgan fingerprint density at radius 1 is 1.50 bits per heavy atom. The molecule has 0 saturated carbocycles. The lowest BCUT2D eigenvalue weighted by molar-refractivity contribution is 0.245. The van der Waals surface area contributed by atoms with E-state index in [1.807, 2.05) is 0 Å². The smallest absolute Gasteiger partial charge is 0.139 e. The van der Waals surface area contributed by atoms with Crippen LogP contribution in [-0.4, -0.2) is 16.8 Å². The fourth-order valence-electron chi connectivity index (χ4n) is 1.34. The van der Waals surface area contributed by atoms with E-state index in [9.17, 15) is 5.11 Å². The van der Waals surface area contributed by atoms with Gasteiger partial charge in [0.25, 0.3) is 0 Å². The lowest BCUT2D eigenvalue weighted by Crippen LogP contribution is -2.34. The summed E-state index contributed by atoms with van der Waals surface area (Å²) >= 11 is 5.75. The van der Waals surface area contributed by atoms with E-state index >= 15 is 0 Å². The van der Waals surface area contributed by atoms with Crippen molar-refractivity contribution in [3.8, 4) is 5.75 Å². The second kappa shape index (κ2) is 4.17. The average molecular weight is 216 g/mol. The number of hydrogen-bond donors (Lipinski definition) is 3. The summed E-state index contributed by atoms with van der Waals surface area (Å²) in [4.78, 5) is 0. The first-order valence-corrected chi connectivity index (χ1v) is 4.74. The van der Waals surface area contributed by atoms with Gasteiger partial charge < -0.3 is 15.9 Å². The van der Waals surface area contributed by atoms with Crippen molar-refractivity contribution in [1.29, 1.82) is 0 Å². The van der Waals surface area contributed by atoms with Gasteiger partial charge >= 0.3 is 0 Å². The Morgan fingerprint density at radius 3 is 2.71 bits per heavy atom. The average Bonchev–Trinajstić information content (AvgIpc) is 2.09. The molecule has 1 unspecified atom stereocenters. The Kier molecular flexibility index (Phi) is 3.37. The van der Waals surface area contributed by atoms with Crippen LogP contribution in [0.5, 0.6) is 5.75 Å². The Labute approximate surface area is 88.1 Å². The second-order valence-corrected chi connectivity index (χ2v) is 3.93. The number of para-hydroxylation sites is 1. The van der Waals surface area contributed by atoms with Crippen LogP contribution in [0, 0.1) is 0 Å². The molecule has 0 bridgehead atoms. The SMILES string of the molecule is CC(N)(CCO)c1cccc(Cl)c1O. The van der Waals surface area contributed by atoms with Crippen LogP contribution in [0.1, 0.15) is 18.9 Å². The zero-order chi connectivity index (χ0) is 10.8. The summed E-state index contributed by atoms with van der Waals surface area (Å²) in [5, 5.41) is 18.8. The molecule has 0 aliphatic heterocycles. The van der Waals surface area contributed by atoms with Crippen LogP contribution in [-0.2, 0) is 5.54 Å². The van der Waals surface area contributed by atoms with Gasteiger partial charge in [-0.2, -0.15) is 0 Å². The van der Waals surface area contributed by atoms with Crippen LogP contribution in [0.4, 0.5) is 0 Å². The van der Waals surface area contributed by atoms with Gasteiger partial charge in [-0.3, -0.25) is 0 Å². The first-order chi connectivity index (χ1) is 6.49. The molecule has 0 aliphatic rings. The van der Waals surface area contributed by atoms with Gasteiger partial charge in [0.1, 0.15) is 5.75 Å². The summed E-state index contributed by atoms with van der Waals surface area (Å²) in [6, 6.07) is 5.02. The summed E-state index contributed by atoms with van der Waals surface area (Å²) in [7, 11) is 0. The first-order valence-electron chi connectivity index (χ1n) is 4.37. The molecule has 0 spiro atoms. The summed E-state index contributed by atoms with van der Waals surface area (Å²) in [6.07, 6.45) is 0.376. The minimum Gasteiger partial charge on any atom is -0.506 e. The molecule has 3 nitrogen and oxygen atoms in total. The zero-order valence-corrected chi connectivity index (χ0v) is 8.75. The normalized spacial score (nSPS) is 15.1.